The summed E-state index contributed by atoms with van der Waals surface area (Å²) in [5.41, 5.74) is 0. The second-order valence-electron chi connectivity index (χ2n) is 5.80. The van der Waals surface area contributed by atoms with Crippen LogP contribution in [-0.2, 0) is 9.53 Å². The van der Waals surface area contributed by atoms with Gasteiger partial charge in [0.2, 0.25) is 0 Å². The molecule has 1 aliphatic rings. The number of nitrogens with zero attached hydrogens (tertiary/aromatic N) is 2. The molecule has 0 radical (unpaired) electrons. The average molecular weight is 301 g/mol. The molecule has 0 aromatic heterocycles. The first-order valence-corrected chi connectivity index (χ1v) is 7.45. The third kappa shape index (κ3) is 5.51. The van der Waals surface area contributed by atoms with Crippen molar-refractivity contribution in [3.05, 3.63) is 0 Å². The number of amides is 2. The fourth-order valence-electron chi connectivity index (χ4n) is 2.50. The molecule has 0 aliphatic carbocycles. The van der Waals surface area contributed by atoms with Gasteiger partial charge in [0.25, 0.3) is 0 Å². The standard InChI is InChI=1S/C14H27N3O4/c1-10(2)17(11(3)4)6-5-15-14(20)16-7-8-21-12(9-16)13(18)19/h10-12H,5-9H2,1-4H3,(H,15,20)(H,18,19). The van der Waals surface area contributed by atoms with Gasteiger partial charge in [-0.05, 0) is 27.7 Å². The van der Waals surface area contributed by atoms with E-state index in [2.05, 4.69) is 37.9 Å². The Hall–Kier alpha value is -1.34. The summed E-state index contributed by atoms with van der Waals surface area (Å²) in [4.78, 5) is 26.7. The van der Waals surface area contributed by atoms with Crippen LogP contribution in [0.1, 0.15) is 27.7 Å². The molecule has 1 saturated heterocycles. The molecule has 1 fully saturated rings. The summed E-state index contributed by atoms with van der Waals surface area (Å²) in [6, 6.07) is 0.611. The fraction of sp³-hybridized carbons (Fsp3) is 0.857. The summed E-state index contributed by atoms with van der Waals surface area (Å²) in [5, 5.41) is 11.8. The minimum Gasteiger partial charge on any atom is -0.479 e. The first kappa shape index (κ1) is 17.7. The molecule has 1 heterocycles. The number of nitrogens with one attached hydrogen (secondary N) is 1. The van der Waals surface area contributed by atoms with Crippen LogP contribution in [0.3, 0.4) is 0 Å². The lowest BCUT2D eigenvalue weighted by Crippen LogP contribution is -2.53. The Balaban J connectivity index is 2.38. The third-order valence-electron chi connectivity index (χ3n) is 3.60. The van der Waals surface area contributed by atoms with Crippen LogP contribution in [-0.4, -0.2) is 77.9 Å². The van der Waals surface area contributed by atoms with E-state index < -0.39 is 12.1 Å². The van der Waals surface area contributed by atoms with Crippen molar-refractivity contribution in [2.24, 2.45) is 0 Å². The van der Waals surface area contributed by atoms with Crippen LogP contribution in [0.25, 0.3) is 0 Å². The number of aliphatic carboxylic acids is 1. The Labute approximate surface area is 126 Å². The molecule has 122 valence electrons. The molecule has 0 aromatic carbocycles. The number of urea groups is 1. The fourth-order valence-corrected chi connectivity index (χ4v) is 2.50. The largest absolute Gasteiger partial charge is 0.479 e. The van der Waals surface area contributed by atoms with E-state index in [-0.39, 0.29) is 19.2 Å². The van der Waals surface area contributed by atoms with E-state index in [1.54, 1.807) is 0 Å². The number of rotatable bonds is 6. The van der Waals surface area contributed by atoms with E-state index in [1.165, 1.54) is 4.90 Å². The maximum absolute atomic E-state index is 12.0. The van der Waals surface area contributed by atoms with Crippen molar-refractivity contribution in [1.29, 1.82) is 0 Å². The van der Waals surface area contributed by atoms with E-state index in [0.29, 0.717) is 25.2 Å². The highest BCUT2D eigenvalue weighted by Gasteiger charge is 2.28. The van der Waals surface area contributed by atoms with Gasteiger partial charge in [-0.2, -0.15) is 0 Å². The minimum absolute atomic E-state index is 0.0965. The molecular formula is C14H27N3O4. The average Bonchev–Trinajstić information content (AvgIpc) is 2.42. The Bertz CT molecular complexity index is 352. The molecule has 0 aromatic rings. The summed E-state index contributed by atoms with van der Waals surface area (Å²) in [5.74, 6) is -1.03. The molecule has 0 bridgehead atoms. The van der Waals surface area contributed by atoms with Gasteiger partial charge in [-0.1, -0.05) is 0 Å². The first-order valence-electron chi connectivity index (χ1n) is 7.45. The first-order chi connectivity index (χ1) is 9.82. The maximum Gasteiger partial charge on any atom is 0.334 e. The van der Waals surface area contributed by atoms with Crippen LogP contribution in [0.5, 0.6) is 0 Å². The van der Waals surface area contributed by atoms with Crippen molar-refractivity contribution in [1.82, 2.24) is 15.1 Å². The molecule has 7 heteroatoms. The third-order valence-corrected chi connectivity index (χ3v) is 3.60. The molecule has 1 atom stereocenters. The van der Waals surface area contributed by atoms with Crippen LogP contribution in [0.4, 0.5) is 4.79 Å². The molecular weight excluding hydrogens is 274 g/mol. The van der Waals surface area contributed by atoms with Crippen molar-refractivity contribution in [2.75, 3.05) is 32.8 Å². The number of morpholine rings is 1. The van der Waals surface area contributed by atoms with Gasteiger partial charge in [0.1, 0.15) is 0 Å². The lowest BCUT2D eigenvalue weighted by atomic mass is 10.2. The minimum atomic E-state index is -1.03. The number of hydrogen-bond donors (Lipinski definition) is 2. The number of ether oxygens (including phenoxy) is 1. The summed E-state index contributed by atoms with van der Waals surface area (Å²) < 4.78 is 5.10. The normalized spacial score (nSPS) is 19.4. The Kier molecular flexibility index (Phi) is 6.91. The van der Waals surface area contributed by atoms with Gasteiger partial charge in [0, 0.05) is 31.7 Å². The Morgan fingerprint density at radius 2 is 1.95 bits per heavy atom. The predicted octanol–water partition coefficient (Wildman–Crippen LogP) is 0.600. The molecule has 1 unspecified atom stereocenters. The molecule has 1 rings (SSSR count). The number of carboxylic acid groups (broad SMARTS) is 1. The van der Waals surface area contributed by atoms with E-state index in [4.69, 9.17) is 9.84 Å². The summed E-state index contributed by atoms with van der Waals surface area (Å²) >= 11 is 0. The van der Waals surface area contributed by atoms with Crippen LogP contribution < -0.4 is 5.32 Å². The highest BCUT2D eigenvalue weighted by Crippen LogP contribution is 2.06. The highest BCUT2D eigenvalue weighted by molar-refractivity contribution is 5.77. The smallest absolute Gasteiger partial charge is 0.334 e. The van der Waals surface area contributed by atoms with Crippen LogP contribution in [0, 0.1) is 0 Å². The zero-order valence-corrected chi connectivity index (χ0v) is 13.3. The van der Waals surface area contributed by atoms with Crippen LogP contribution in [0.15, 0.2) is 0 Å². The van der Waals surface area contributed by atoms with Gasteiger partial charge in [0.15, 0.2) is 6.10 Å². The molecule has 1 aliphatic heterocycles. The number of carbonyl (C=O) groups is 2. The summed E-state index contributed by atoms with van der Waals surface area (Å²) in [6.45, 7) is 10.6. The van der Waals surface area contributed by atoms with E-state index in [0.717, 1.165) is 6.54 Å². The molecule has 2 N–H and O–H groups in total. The SMILES string of the molecule is CC(C)N(CCNC(=O)N1CCOC(C(=O)O)C1)C(C)C. The quantitative estimate of drug-likeness (QED) is 0.751. The van der Waals surface area contributed by atoms with Crippen LogP contribution >= 0.6 is 0 Å². The highest BCUT2D eigenvalue weighted by atomic mass is 16.5. The van der Waals surface area contributed by atoms with Gasteiger partial charge < -0.3 is 20.1 Å². The molecule has 0 saturated carbocycles. The zero-order chi connectivity index (χ0) is 16.0. The topological polar surface area (TPSA) is 82.1 Å². The van der Waals surface area contributed by atoms with Gasteiger partial charge in [-0.3, -0.25) is 4.90 Å². The second kappa shape index (κ2) is 8.19. The van der Waals surface area contributed by atoms with Crippen molar-refractivity contribution in [3.8, 4) is 0 Å². The zero-order valence-electron chi connectivity index (χ0n) is 13.3. The number of carboxylic acids is 1. The molecule has 7 nitrogen and oxygen atoms in total. The Morgan fingerprint density at radius 1 is 1.33 bits per heavy atom. The van der Waals surface area contributed by atoms with Gasteiger partial charge in [0.05, 0.1) is 13.2 Å². The van der Waals surface area contributed by atoms with Gasteiger partial charge >= 0.3 is 12.0 Å². The summed E-state index contributed by atoms with van der Waals surface area (Å²) in [7, 11) is 0. The Morgan fingerprint density at radius 3 is 2.48 bits per heavy atom. The maximum atomic E-state index is 12.0. The molecule has 2 amide bonds. The number of carbonyl (C=O) groups excluding carboxylic acids is 1. The second-order valence-corrected chi connectivity index (χ2v) is 5.80. The number of hydrogen-bond acceptors (Lipinski definition) is 4. The van der Waals surface area contributed by atoms with Crippen molar-refractivity contribution in [3.63, 3.8) is 0 Å². The van der Waals surface area contributed by atoms with Crippen molar-refractivity contribution in [2.45, 2.75) is 45.9 Å². The van der Waals surface area contributed by atoms with Gasteiger partial charge in [-0.15, -0.1) is 0 Å². The lowest BCUT2D eigenvalue weighted by Gasteiger charge is -2.32. The molecule has 0 spiro atoms. The molecule has 21 heavy (non-hydrogen) atoms. The monoisotopic (exact) mass is 301 g/mol. The van der Waals surface area contributed by atoms with E-state index in [1.807, 2.05) is 0 Å². The van der Waals surface area contributed by atoms with Crippen molar-refractivity contribution < 1.29 is 19.4 Å². The van der Waals surface area contributed by atoms with Crippen LogP contribution in [0.2, 0.25) is 0 Å². The lowest BCUT2D eigenvalue weighted by molar-refractivity contribution is -0.154. The van der Waals surface area contributed by atoms with E-state index >= 15 is 0 Å². The van der Waals surface area contributed by atoms with Gasteiger partial charge in [-0.25, -0.2) is 9.59 Å². The summed E-state index contributed by atoms with van der Waals surface area (Å²) in [6.07, 6.45) is -0.924. The predicted molar refractivity (Wildman–Crippen MR) is 79.3 cm³/mol. The van der Waals surface area contributed by atoms with E-state index in [9.17, 15) is 9.59 Å². The van der Waals surface area contributed by atoms with Crippen molar-refractivity contribution >= 4 is 12.0 Å².